The van der Waals surface area contributed by atoms with E-state index in [0.717, 1.165) is 38.5 Å². The van der Waals surface area contributed by atoms with Crippen molar-refractivity contribution in [3.63, 3.8) is 0 Å². The van der Waals surface area contributed by atoms with Gasteiger partial charge >= 0.3 is 0 Å². The van der Waals surface area contributed by atoms with Crippen LogP contribution in [0.4, 0.5) is 0 Å². The van der Waals surface area contributed by atoms with Gasteiger partial charge in [0.1, 0.15) is 12.0 Å². The van der Waals surface area contributed by atoms with E-state index < -0.39 is 0 Å². The summed E-state index contributed by atoms with van der Waals surface area (Å²) in [5.74, 6) is 5.57. The van der Waals surface area contributed by atoms with E-state index in [4.69, 9.17) is 10.3 Å². The number of hydrazine groups is 1. The Bertz CT molecular complexity index is 456. The number of hydrogen-bond acceptors (Lipinski definition) is 5. The van der Waals surface area contributed by atoms with Crippen LogP contribution in [0.15, 0.2) is 16.7 Å². The molecule has 112 valence electrons. The molecule has 0 atom stereocenters. The summed E-state index contributed by atoms with van der Waals surface area (Å²) in [5.41, 5.74) is 2.80. The summed E-state index contributed by atoms with van der Waals surface area (Å²) in [6.07, 6.45) is 1.45. The lowest BCUT2D eigenvalue weighted by atomic mass is 10.0. The van der Waals surface area contributed by atoms with Gasteiger partial charge in [-0.05, 0) is 26.8 Å². The molecule has 1 amide bonds. The predicted octanol–water partition coefficient (Wildman–Crippen LogP) is 0.799. The number of nitrogens with zero attached hydrogens (tertiary/aromatic N) is 2. The minimum Gasteiger partial charge on any atom is -0.467 e. The molecule has 1 aliphatic heterocycles. The van der Waals surface area contributed by atoms with Gasteiger partial charge in [0.15, 0.2) is 0 Å². The second-order valence-corrected chi connectivity index (χ2v) is 6.21. The Balaban J connectivity index is 1.87. The molecule has 0 radical (unpaired) electrons. The minimum absolute atomic E-state index is 0.225. The van der Waals surface area contributed by atoms with Crippen LogP contribution in [0.3, 0.4) is 0 Å². The van der Waals surface area contributed by atoms with Crippen molar-refractivity contribution in [2.75, 3.05) is 26.2 Å². The molecule has 6 nitrogen and oxygen atoms in total. The lowest BCUT2D eigenvalue weighted by Crippen LogP contribution is -2.53. The van der Waals surface area contributed by atoms with E-state index in [0.29, 0.717) is 5.56 Å². The van der Waals surface area contributed by atoms with Crippen LogP contribution in [-0.4, -0.2) is 47.4 Å². The molecule has 0 unspecified atom stereocenters. The molecule has 1 aromatic rings. The van der Waals surface area contributed by atoms with E-state index in [9.17, 15) is 4.79 Å². The molecule has 0 bridgehead atoms. The molecule has 2 heterocycles. The highest BCUT2D eigenvalue weighted by Crippen LogP contribution is 2.17. The van der Waals surface area contributed by atoms with E-state index in [1.807, 2.05) is 0 Å². The average Bonchev–Trinajstić information content (AvgIpc) is 2.86. The summed E-state index contributed by atoms with van der Waals surface area (Å²) in [5, 5.41) is 0. The Morgan fingerprint density at radius 2 is 2.00 bits per heavy atom. The molecule has 0 saturated carbocycles. The highest BCUT2D eigenvalue weighted by Gasteiger charge is 2.26. The van der Waals surface area contributed by atoms with Crippen molar-refractivity contribution in [1.29, 1.82) is 0 Å². The Morgan fingerprint density at radius 1 is 1.35 bits per heavy atom. The molecule has 0 spiro atoms. The van der Waals surface area contributed by atoms with Gasteiger partial charge in [-0.2, -0.15) is 0 Å². The fourth-order valence-electron chi connectivity index (χ4n) is 2.46. The first-order valence-corrected chi connectivity index (χ1v) is 6.96. The van der Waals surface area contributed by atoms with Gasteiger partial charge < -0.3 is 4.42 Å². The number of nitrogens with one attached hydrogen (secondary N) is 1. The zero-order valence-corrected chi connectivity index (χ0v) is 12.5. The molecular formula is C14H24N4O2. The van der Waals surface area contributed by atoms with Gasteiger partial charge in [0.2, 0.25) is 0 Å². The zero-order chi connectivity index (χ0) is 14.8. The van der Waals surface area contributed by atoms with Crippen molar-refractivity contribution in [3.8, 4) is 0 Å². The van der Waals surface area contributed by atoms with Gasteiger partial charge in [-0.25, -0.2) is 5.84 Å². The first-order valence-electron chi connectivity index (χ1n) is 6.96. The van der Waals surface area contributed by atoms with Gasteiger partial charge in [0, 0.05) is 31.7 Å². The van der Waals surface area contributed by atoms with Crippen LogP contribution < -0.4 is 11.3 Å². The second kappa shape index (κ2) is 5.95. The third kappa shape index (κ3) is 3.59. The summed E-state index contributed by atoms with van der Waals surface area (Å²) in [7, 11) is 0. The third-order valence-corrected chi connectivity index (χ3v) is 3.75. The van der Waals surface area contributed by atoms with Crippen LogP contribution in [0, 0.1) is 0 Å². The summed E-state index contributed by atoms with van der Waals surface area (Å²) in [4.78, 5) is 16.2. The first kappa shape index (κ1) is 15.0. The van der Waals surface area contributed by atoms with Crippen molar-refractivity contribution >= 4 is 5.91 Å². The quantitative estimate of drug-likeness (QED) is 0.487. The maximum atomic E-state index is 11.4. The van der Waals surface area contributed by atoms with Crippen LogP contribution >= 0.6 is 0 Å². The molecule has 20 heavy (non-hydrogen) atoms. The topological polar surface area (TPSA) is 74.7 Å². The lowest BCUT2D eigenvalue weighted by Gasteiger charge is -2.42. The van der Waals surface area contributed by atoms with Crippen molar-refractivity contribution in [3.05, 3.63) is 23.7 Å². The number of nitrogen functional groups attached to an aromatic ring is 1. The van der Waals surface area contributed by atoms with Gasteiger partial charge in [0.25, 0.3) is 5.91 Å². The molecule has 6 heteroatoms. The Hall–Kier alpha value is -1.37. The maximum Gasteiger partial charge on any atom is 0.268 e. The SMILES string of the molecule is CC(C)(C)N1CCN(Cc2cc(C(=O)NN)co2)CC1. The number of piperazine rings is 1. The Labute approximate surface area is 119 Å². The number of hydrogen-bond donors (Lipinski definition) is 2. The summed E-state index contributed by atoms with van der Waals surface area (Å²) in [6.45, 7) is 11.6. The van der Waals surface area contributed by atoms with E-state index in [1.54, 1.807) is 6.07 Å². The van der Waals surface area contributed by atoms with Crippen molar-refractivity contribution in [2.45, 2.75) is 32.9 Å². The smallest absolute Gasteiger partial charge is 0.268 e. The van der Waals surface area contributed by atoms with Gasteiger partial charge in [-0.15, -0.1) is 0 Å². The molecule has 1 saturated heterocycles. The molecule has 0 aliphatic carbocycles. The first-order chi connectivity index (χ1) is 9.40. The monoisotopic (exact) mass is 280 g/mol. The largest absolute Gasteiger partial charge is 0.467 e. The van der Waals surface area contributed by atoms with E-state index in [1.165, 1.54) is 6.26 Å². The van der Waals surface area contributed by atoms with Crippen molar-refractivity contribution in [2.24, 2.45) is 5.84 Å². The molecule has 1 fully saturated rings. The summed E-state index contributed by atoms with van der Waals surface area (Å²) in [6, 6.07) is 1.75. The molecule has 1 aromatic heterocycles. The number of amides is 1. The molecule has 3 N–H and O–H groups in total. The van der Waals surface area contributed by atoms with Crippen molar-refractivity contribution in [1.82, 2.24) is 15.2 Å². The lowest BCUT2D eigenvalue weighted by molar-refractivity contribution is 0.0562. The second-order valence-electron chi connectivity index (χ2n) is 6.21. The summed E-state index contributed by atoms with van der Waals surface area (Å²) >= 11 is 0. The minimum atomic E-state index is -0.322. The fraction of sp³-hybridized carbons (Fsp3) is 0.643. The number of rotatable bonds is 3. The highest BCUT2D eigenvalue weighted by atomic mass is 16.3. The summed E-state index contributed by atoms with van der Waals surface area (Å²) < 4.78 is 5.41. The van der Waals surface area contributed by atoms with Crippen LogP contribution in [0.5, 0.6) is 0 Å². The van der Waals surface area contributed by atoms with Gasteiger partial charge in [-0.1, -0.05) is 0 Å². The number of nitrogens with two attached hydrogens (primary N) is 1. The van der Waals surface area contributed by atoms with Crippen molar-refractivity contribution < 1.29 is 9.21 Å². The van der Waals surface area contributed by atoms with E-state index in [2.05, 4.69) is 36.0 Å². The normalized spacial score (nSPS) is 18.2. The number of carbonyl (C=O) groups is 1. The van der Waals surface area contributed by atoms with Crippen LogP contribution in [0.1, 0.15) is 36.9 Å². The van der Waals surface area contributed by atoms with E-state index in [-0.39, 0.29) is 11.4 Å². The molecule has 0 aromatic carbocycles. The van der Waals surface area contributed by atoms with Gasteiger partial charge in [-0.3, -0.25) is 20.0 Å². The Morgan fingerprint density at radius 3 is 2.55 bits per heavy atom. The average molecular weight is 280 g/mol. The van der Waals surface area contributed by atoms with Crippen LogP contribution in [0.25, 0.3) is 0 Å². The zero-order valence-electron chi connectivity index (χ0n) is 12.5. The maximum absolute atomic E-state index is 11.4. The number of furan rings is 1. The third-order valence-electron chi connectivity index (χ3n) is 3.75. The highest BCUT2D eigenvalue weighted by molar-refractivity contribution is 5.93. The number of carbonyl (C=O) groups excluding carboxylic acids is 1. The predicted molar refractivity (Wildman–Crippen MR) is 77.0 cm³/mol. The molecular weight excluding hydrogens is 256 g/mol. The van der Waals surface area contributed by atoms with Gasteiger partial charge in [0.05, 0.1) is 12.1 Å². The van der Waals surface area contributed by atoms with Crippen LogP contribution in [-0.2, 0) is 6.54 Å². The Kier molecular flexibility index (Phi) is 4.47. The molecule has 1 aliphatic rings. The fourth-order valence-corrected chi connectivity index (χ4v) is 2.46. The molecule has 2 rings (SSSR count). The standard InChI is InChI=1S/C14H24N4O2/c1-14(2,3)18-6-4-17(5-7-18)9-12-8-11(10-20-12)13(19)16-15/h8,10H,4-7,9,15H2,1-3H3,(H,16,19). The van der Waals surface area contributed by atoms with E-state index >= 15 is 0 Å². The van der Waals surface area contributed by atoms with Crippen LogP contribution in [0.2, 0.25) is 0 Å².